The van der Waals surface area contributed by atoms with Gasteiger partial charge in [0.05, 0.1) is 11.8 Å². The highest BCUT2D eigenvalue weighted by Crippen LogP contribution is 2.16. The fourth-order valence-corrected chi connectivity index (χ4v) is 1.39. The highest BCUT2D eigenvalue weighted by atomic mass is 16.4. The molecule has 0 fully saturated rings. The van der Waals surface area contributed by atoms with Gasteiger partial charge in [0.2, 0.25) is 5.89 Å². The Labute approximate surface area is 96.9 Å². The Morgan fingerprint density at radius 2 is 2.29 bits per heavy atom. The summed E-state index contributed by atoms with van der Waals surface area (Å²) in [5.41, 5.74) is 0.745. The van der Waals surface area contributed by atoms with Crippen molar-refractivity contribution in [2.75, 3.05) is 0 Å². The van der Waals surface area contributed by atoms with Crippen LogP contribution in [-0.2, 0) is 11.2 Å². The van der Waals surface area contributed by atoms with Crippen LogP contribution in [0.2, 0.25) is 0 Å². The van der Waals surface area contributed by atoms with Crippen molar-refractivity contribution in [3.8, 4) is 11.5 Å². The molecule has 0 aromatic carbocycles. The van der Waals surface area contributed by atoms with E-state index in [1.807, 2.05) is 0 Å². The molecule has 2 aromatic rings. The number of aromatic nitrogens is 4. The molecule has 90 valence electrons. The average Bonchev–Trinajstić information content (AvgIpc) is 2.94. The average molecular weight is 236 g/mol. The highest BCUT2D eigenvalue weighted by molar-refractivity contribution is 5.66. The second kappa shape index (κ2) is 5.24. The molecule has 0 saturated heterocycles. The molecule has 7 nitrogen and oxygen atoms in total. The number of rotatable bonds is 6. The minimum atomic E-state index is -0.783. The Hall–Kier alpha value is -2.18. The maximum Gasteiger partial charge on any atom is 0.303 e. The molecular weight excluding hydrogens is 224 g/mol. The highest BCUT2D eigenvalue weighted by Gasteiger charge is 2.09. The van der Waals surface area contributed by atoms with E-state index in [0.717, 1.165) is 12.0 Å². The molecule has 0 amide bonds. The van der Waals surface area contributed by atoms with Crippen LogP contribution >= 0.6 is 0 Å². The monoisotopic (exact) mass is 236 g/mol. The second-order valence-electron chi connectivity index (χ2n) is 3.59. The summed E-state index contributed by atoms with van der Waals surface area (Å²) in [6, 6.07) is 0. The van der Waals surface area contributed by atoms with Gasteiger partial charge < -0.3 is 9.52 Å². The standard InChI is InChI=1S/C10H12N4O3/c15-9(16)4-2-1-3-8-13-14-10(17-8)7-5-11-12-6-7/h5-6H,1-4H2,(H,11,12)(H,15,16). The van der Waals surface area contributed by atoms with Crippen molar-refractivity contribution in [3.05, 3.63) is 18.3 Å². The van der Waals surface area contributed by atoms with Crippen LogP contribution < -0.4 is 0 Å². The van der Waals surface area contributed by atoms with Crippen molar-refractivity contribution in [3.63, 3.8) is 0 Å². The molecule has 0 unspecified atom stereocenters. The summed E-state index contributed by atoms with van der Waals surface area (Å²) in [4.78, 5) is 10.3. The van der Waals surface area contributed by atoms with Gasteiger partial charge in [0, 0.05) is 19.0 Å². The molecule has 0 saturated carbocycles. The third kappa shape index (κ3) is 3.13. The topological polar surface area (TPSA) is 105 Å². The normalized spacial score (nSPS) is 10.6. The number of aromatic amines is 1. The van der Waals surface area contributed by atoms with Gasteiger partial charge >= 0.3 is 5.97 Å². The number of unbranched alkanes of at least 4 members (excludes halogenated alkanes) is 1. The fourth-order valence-electron chi connectivity index (χ4n) is 1.39. The summed E-state index contributed by atoms with van der Waals surface area (Å²) in [5, 5.41) is 22.7. The van der Waals surface area contributed by atoms with Gasteiger partial charge in [0.25, 0.3) is 5.89 Å². The molecule has 0 spiro atoms. The summed E-state index contributed by atoms with van der Waals surface area (Å²) in [6.07, 6.45) is 5.36. The predicted octanol–water partition coefficient (Wildman–Crippen LogP) is 1.26. The number of H-pyrrole nitrogens is 1. The molecule has 2 heterocycles. The molecule has 7 heteroatoms. The van der Waals surface area contributed by atoms with Crippen LogP contribution in [0.15, 0.2) is 16.8 Å². The van der Waals surface area contributed by atoms with Crippen molar-refractivity contribution in [1.82, 2.24) is 20.4 Å². The number of nitrogens with one attached hydrogen (secondary N) is 1. The van der Waals surface area contributed by atoms with Crippen molar-refractivity contribution < 1.29 is 14.3 Å². The van der Waals surface area contributed by atoms with E-state index in [0.29, 0.717) is 24.6 Å². The first kappa shape index (κ1) is 11.3. The Kier molecular flexibility index (Phi) is 3.49. The largest absolute Gasteiger partial charge is 0.481 e. The number of aliphatic carboxylic acids is 1. The predicted molar refractivity (Wildman–Crippen MR) is 57.1 cm³/mol. The maximum absolute atomic E-state index is 10.3. The van der Waals surface area contributed by atoms with Crippen LogP contribution in [0, 0.1) is 0 Å². The van der Waals surface area contributed by atoms with E-state index < -0.39 is 5.97 Å². The Morgan fingerprint density at radius 3 is 3.00 bits per heavy atom. The number of carboxylic acids is 1. The zero-order valence-corrected chi connectivity index (χ0v) is 9.09. The van der Waals surface area contributed by atoms with Crippen LogP contribution in [-0.4, -0.2) is 31.5 Å². The summed E-state index contributed by atoms with van der Waals surface area (Å²) >= 11 is 0. The molecule has 0 aliphatic heterocycles. The maximum atomic E-state index is 10.3. The molecular formula is C10H12N4O3. The van der Waals surface area contributed by atoms with E-state index in [9.17, 15) is 4.79 Å². The van der Waals surface area contributed by atoms with E-state index in [1.165, 1.54) is 0 Å². The zero-order valence-electron chi connectivity index (χ0n) is 9.09. The third-order valence-corrected chi connectivity index (χ3v) is 2.24. The lowest BCUT2D eigenvalue weighted by Gasteiger charge is -1.93. The molecule has 0 radical (unpaired) electrons. The summed E-state index contributed by atoms with van der Waals surface area (Å²) in [5.74, 6) is 0.160. The molecule has 17 heavy (non-hydrogen) atoms. The lowest BCUT2D eigenvalue weighted by atomic mass is 10.2. The van der Waals surface area contributed by atoms with E-state index in [-0.39, 0.29) is 6.42 Å². The molecule has 0 atom stereocenters. The number of carboxylic acid groups (broad SMARTS) is 1. The minimum Gasteiger partial charge on any atom is -0.481 e. The van der Waals surface area contributed by atoms with Gasteiger partial charge in [-0.3, -0.25) is 9.89 Å². The number of nitrogens with zero attached hydrogens (tertiary/aromatic N) is 3. The van der Waals surface area contributed by atoms with Crippen LogP contribution in [0.25, 0.3) is 11.5 Å². The molecule has 0 bridgehead atoms. The third-order valence-electron chi connectivity index (χ3n) is 2.24. The summed E-state index contributed by atoms with van der Waals surface area (Å²) in [6.45, 7) is 0. The number of hydrogen-bond acceptors (Lipinski definition) is 5. The smallest absolute Gasteiger partial charge is 0.303 e. The number of carbonyl (C=O) groups is 1. The summed E-state index contributed by atoms with van der Waals surface area (Å²) < 4.78 is 5.41. The van der Waals surface area contributed by atoms with Crippen molar-refractivity contribution in [2.45, 2.75) is 25.7 Å². The van der Waals surface area contributed by atoms with E-state index in [2.05, 4.69) is 20.4 Å². The van der Waals surface area contributed by atoms with Crippen molar-refractivity contribution in [1.29, 1.82) is 0 Å². The van der Waals surface area contributed by atoms with Crippen LogP contribution in [0.1, 0.15) is 25.2 Å². The fraction of sp³-hybridized carbons (Fsp3) is 0.400. The Morgan fingerprint density at radius 1 is 1.41 bits per heavy atom. The Bertz CT molecular complexity index is 477. The van der Waals surface area contributed by atoms with Crippen LogP contribution in [0.4, 0.5) is 0 Å². The zero-order chi connectivity index (χ0) is 12.1. The minimum absolute atomic E-state index is 0.169. The van der Waals surface area contributed by atoms with Crippen LogP contribution in [0.5, 0.6) is 0 Å². The quantitative estimate of drug-likeness (QED) is 0.731. The van der Waals surface area contributed by atoms with Gasteiger partial charge in [-0.1, -0.05) is 0 Å². The molecule has 0 aliphatic carbocycles. The molecule has 2 aromatic heterocycles. The SMILES string of the molecule is O=C(O)CCCCc1nnc(-c2cn[nH]c2)o1. The molecule has 2 N–H and O–H groups in total. The van der Waals surface area contributed by atoms with Gasteiger partial charge in [-0.2, -0.15) is 5.10 Å². The van der Waals surface area contributed by atoms with Crippen molar-refractivity contribution >= 4 is 5.97 Å². The van der Waals surface area contributed by atoms with Gasteiger partial charge in [0.15, 0.2) is 0 Å². The first-order valence-electron chi connectivity index (χ1n) is 5.29. The van der Waals surface area contributed by atoms with E-state index in [4.69, 9.17) is 9.52 Å². The second-order valence-corrected chi connectivity index (χ2v) is 3.59. The molecule has 0 aliphatic rings. The van der Waals surface area contributed by atoms with E-state index >= 15 is 0 Å². The van der Waals surface area contributed by atoms with Gasteiger partial charge in [0.1, 0.15) is 0 Å². The molecule has 2 rings (SSSR count). The van der Waals surface area contributed by atoms with Gasteiger partial charge in [-0.15, -0.1) is 10.2 Å². The summed E-state index contributed by atoms with van der Waals surface area (Å²) in [7, 11) is 0. The lowest BCUT2D eigenvalue weighted by molar-refractivity contribution is -0.137. The lowest BCUT2D eigenvalue weighted by Crippen LogP contribution is -1.95. The first-order valence-corrected chi connectivity index (χ1v) is 5.29. The first-order chi connectivity index (χ1) is 8.25. The Balaban J connectivity index is 1.84. The van der Waals surface area contributed by atoms with Crippen molar-refractivity contribution in [2.24, 2.45) is 0 Å². The van der Waals surface area contributed by atoms with Gasteiger partial charge in [-0.25, -0.2) is 0 Å². The van der Waals surface area contributed by atoms with Gasteiger partial charge in [-0.05, 0) is 12.8 Å². The number of hydrogen-bond donors (Lipinski definition) is 2. The van der Waals surface area contributed by atoms with Crippen LogP contribution in [0.3, 0.4) is 0 Å². The van der Waals surface area contributed by atoms with E-state index in [1.54, 1.807) is 12.4 Å². The number of aryl methyl sites for hydroxylation is 1.